The number of hydrogen-bond donors (Lipinski definition) is 0. The van der Waals surface area contributed by atoms with Gasteiger partial charge in [-0.3, -0.25) is 14.2 Å². The minimum atomic E-state index is -4.64. The largest absolute Gasteiger partial charge is 0.756 e. The molecule has 0 aliphatic carbocycles. The number of unbranched alkanes of at least 4 members (excludes halogenated alkanes) is 43. The number of ether oxygens (including phenoxy) is 2. The molecular formula is C65H126NO8P. The van der Waals surface area contributed by atoms with Gasteiger partial charge in [0.1, 0.15) is 19.8 Å². The van der Waals surface area contributed by atoms with Crippen molar-refractivity contribution in [2.45, 2.75) is 335 Å². The van der Waals surface area contributed by atoms with Gasteiger partial charge in [0.25, 0.3) is 7.82 Å². The van der Waals surface area contributed by atoms with Crippen molar-refractivity contribution in [1.29, 1.82) is 0 Å². The van der Waals surface area contributed by atoms with Gasteiger partial charge in [-0.15, -0.1) is 0 Å². The molecule has 0 spiro atoms. The Morgan fingerprint density at radius 2 is 0.720 bits per heavy atom. The second-order valence-electron chi connectivity index (χ2n) is 23.5. The second-order valence-corrected chi connectivity index (χ2v) is 24.9. The molecule has 0 aliphatic rings. The van der Waals surface area contributed by atoms with Gasteiger partial charge in [0.05, 0.1) is 27.7 Å². The molecule has 10 heteroatoms. The first-order chi connectivity index (χ1) is 36.5. The van der Waals surface area contributed by atoms with Crippen LogP contribution in [0.15, 0.2) is 24.3 Å². The summed E-state index contributed by atoms with van der Waals surface area (Å²) in [6, 6.07) is 0. The first-order valence-corrected chi connectivity index (χ1v) is 34.0. The van der Waals surface area contributed by atoms with Gasteiger partial charge in [-0.2, -0.15) is 0 Å². The zero-order valence-electron chi connectivity index (χ0n) is 50.5. The smallest absolute Gasteiger partial charge is 0.306 e. The maximum absolute atomic E-state index is 12.8. The number of quaternary nitrogens is 1. The van der Waals surface area contributed by atoms with Gasteiger partial charge in [-0.25, -0.2) is 0 Å². The molecule has 75 heavy (non-hydrogen) atoms. The Hall–Kier alpha value is -1.51. The fourth-order valence-corrected chi connectivity index (χ4v) is 10.4. The normalized spacial score (nSPS) is 13.3. The van der Waals surface area contributed by atoms with E-state index in [-0.39, 0.29) is 32.0 Å². The zero-order valence-corrected chi connectivity index (χ0v) is 51.4. The highest BCUT2D eigenvalue weighted by Crippen LogP contribution is 2.38. The third-order valence-corrected chi connectivity index (χ3v) is 15.7. The molecule has 2 atom stereocenters. The monoisotopic (exact) mass is 1080 g/mol. The topological polar surface area (TPSA) is 111 Å². The van der Waals surface area contributed by atoms with Crippen LogP contribution >= 0.6 is 7.82 Å². The maximum atomic E-state index is 12.8. The molecule has 0 saturated heterocycles. The van der Waals surface area contributed by atoms with Crippen LogP contribution in [0.5, 0.6) is 0 Å². The Labute approximate surface area is 466 Å². The van der Waals surface area contributed by atoms with E-state index in [1.807, 2.05) is 21.1 Å². The Bertz CT molecular complexity index is 1320. The van der Waals surface area contributed by atoms with Crippen LogP contribution in [0.1, 0.15) is 328 Å². The highest BCUT2D eigenvalue weighted by Gasteiger charge is 2.22. The van der Waals surface area contributed by atoms with Gasteiger partial charge in [0, 0.05) is 12.8 Å². The molecule has 0 N–H and O–H groups in total. The van der Waals surface area contributed by atoms with Crippen molar-refractivity contribution in [3.63, 3.8) is 0 Å². The first-order valence-electron chi connectivity index (χ1n) is 32.5. The van der Waals surface area contributed by atoms with Crippen LogP contribution in [0.2, 0.25) is 0 Å². The molecule has 444 valence electrons. The third-order valence-electron chi connectivity index (χ3n) is 14.7. The summed E-state index contributed by atoms with van der Waals surface area (Å²) < 4.78 is 34.2. The molecule has 0 radical (unpaired) electrons. The van der Waals surface area contributed by atoms with Gasteiger partial charge in [0.2, 0.25) is 0 Å². The van der Waals surface area contributed by atoms with E-state index >= 15 is 0 Å². The Morgan fingerprint density at radius 1 is 0.413 bits per heavy atom. The second kappa shape index (κ2) is 57.2. The van der Waals surface area contributed by atoms with Crippen molar-refractivity contribution in [3.05, 3.63) is 24.3 Å². The van der Waals surface area contributed by atoms with Crippen molar-refractivity contribution in [3.8, 4) is 0 Å². The van der Waals surface area contributed by atoms with Crippen molar-refractivity contribution in [1.82, 2.24) is 0 Å². The summed E-state index contributed by atoms with van der Waals surface area (Å²) in [4.78, 5) is 37.9. The van der Waals surface area contributed by atoms with Crippen LogP contribution in [0, 0.1) is 0 Å². The fourth-order valence-electron chi connectivity index (χ4n) is 9.69. The fraction of sp³-hybridized carbons (Fsp3) is 0.908. The van der Waals surface area contributed by atoms with Gasteiger partial charge >= 0.3 is 11.9 Å². The Kier molecular flexibility index (Phi) is 56.0. The SMILES string of the molecule is CCCCC/C=C\C/C=C\CCCCCCCCCC(=O)OC(COC(=O)CCCCCCCCCCCCCCCCCCCCCCCCCCCCCCCCCCCC)COP(=O)([O-])OCC[N+](C)(C)C. The summed E-state index contributed by atoms with van der Waals surface area (Å²) in [5.74, 6) is -0.826. The van der Waals surface area contributed by atoms with Gasteiger partial charge in [-0.05, 0) is 44.9 Å². The summed E-state index contributed by atoms with van der Waals surface area (Å²) in [7, 11) is 1.18. The molecule has 0 saturated carbocycles. The standard InChI is InChI=1S/C65H126NO8P/c1-6-8-10-12-14-16-18-20-22-24-25-26-27-28-29-30-31-32-33-34-35-36-37-38-39-40-42-43-45-47-49-51-53-55-57-64(67)71-61-63(62-73-75(69,70)72-60-59-66(3,4)5)74-65(68)58-56-54-52-50-48-46-44-41-23-21-19-17-15-13-11-9-7-2/h15,17,21,23,63H,6-14,16,18-20,22,24-62H2,1-5H3/b17-15-,23-21-. The lowest BCUT2D eigenvalue weighted by Crippen LogP contribution is -2.37. The van der Waals surface area contributed by atoms with E-state index in [0.29, 0.717) is 17.4 Å². The molecule has 0 aromatic carbocycles. The highest BCUT2D eigenvalue weighted by atomic mass is 31.2. The summed E-state index contributed by atoms with van der Waals surface area (Å²) in [5.41, 5.74) is 0. The van der Waals surface area contributed by atoms with Crippen LogP contribution in [0.4, 0.5) is 0 Å². The van der Waals surface area contributed by atoms with E-state index < -0.39 is 26.5 Å². The highest BCUT2D eigenvalue weighted by molar-refractivity contribution is 7.45. The van der Waals surface area contributed by atoms with Crippen molar-refractivity contribution < 1.29 is 42.1 Å². The zero-order chi connectivity index (χ0) is 54.9. The van der Waals surface area contributed by atoms with E-state index in [4.69, 9.17) is 18.5 Å². The molecule has 9 nitrogen and oxygen atoms in total. The van der Waals surface area contributed by atoms with Crippen molar-refractivity contribution in [2.75, 3.05) is 47.5 Å². The number of phosphoric acid groups is 1. The first kappa shape index (κ1) is 73.5. The summed E-state index contributed by atoms with van der Waals surface area (Å²) in [6.45, 7) is 4.26. The molecule has 0 bridgehead atoms. The van der Waals surface area contributed by atoms with E-state index in [1.54, 1.807) is 0 Å². The lowest BCUT2D eigenvalue weighted by Gasteiger charge is -2.28. The summed E-state index contributed by atoms with van der Waals surface area (Å²) >= 11 is 0. The molecular weight excluding hydrogens is 954 g/mol. The number of carbonyl (C=O) groups excluding carboxylic acids is 2. The number of esters is 2. The number of carbonyl (C=O) groups is 2. The Balaban J connectivity index is 3.94. The molecule has 0 amide bonds. The quantitative estimate of drug-likeness (QED) is 0.0195. The van der Waals surface area contributed by atoms with Gasteiger partial charge in [-0.1, -0.05) is 295 Å². The van der Waals surface area contributed by atoms with Crippen molar-refractivity contribution in [2.24, 2.45) is 0 Å². The van der Waals surface area contributed by atoms with Crippen LogP contribution < -0.4 is 4.89 Å². The number of phosphoric ester groups is 1. The summed E-state index contributed by atoms with van der Waals surface area (Å²) in [6.07, 6.45) is 69.8. The minimum absolute atomic E-state index is 0.0301. The molecule has 0 rings (SSSR count). The number of hydrogen-bond acceptors (Lipinski definition) is 8. The summed E-state index contributed by atoms with van der Waals surface area (Å²) in [5, 5.41) is 0. The predicted octanol–water partition coefficient (Wildman–Crippen LogP) is 19.9. The molecule has 0 aliphatic heterocycles. The molecule has 0 aromatic rings. The van der Waals surface area contributed by atoms with Crippen LogP contribution in [0.3, 0.4) is 0 Å². The number of likely N-dealkylation sites (N-methyl/N-ethyl adjacent to an activating group) is 1. The predicted molar refractivity (Wildman–Crippen MR) is 319 cm³/mol. The minimum Gasteiger partial charge on any atom is -0.756 e. The van der Waals surface area contributed by atoms with Gasteiger partial charge < -0.3 is 27.9 Å². The van der Waals surface area contributed by atoms with Crippen molar-refractivity contribution >= 4 is 19.8 Å². The number of rotatable bonds is 61. The molecule has 0 fully saturated rings. The molecule has 2 unspecified atom stereocenters. The number of allylic oxidation sites excluding steroid dienone is 4. The van der Waals surface area contributed by atoms with E-state index in [2.05, 4.69) is 38.2 Å². The average Bonchev–Trinajstić information content (AvgIpc) is 3.37. The Morgan fingerprint density at radius 3 is 1.08 bits per heavy atom. The van der Waals surface area contributed by atoms with E-state index in [0.717, 1.165) is 51.4 Å². The maximum Gasteiger partial charge on any atom is 0.306 e. The lowest BCUT2D eigenvalue weighted by molar-refractivity contribution is -0.870. The molecule has 0 aromatic heterocycles. The van der Waals surface area contributed by atoms with Crippen LogP contribution in [-0.2, 0) is 32.7 Å². The number of nitrogens with zero attached hydrogens (tertiary/aromatic N) is 1. The third kappa shape index (κ3) is 61.6. The van der Waals surface area contributed by atoms with Crippen LogP contribution in [0.25, 0.3) is 0 Å². The molecule has 0 heterocycles. The lowest BCUT2D eigenvalue weighted by atomic mass is 10.0. The average molecular weight is 1080 g/mol. The van der Waals surface area contributed by atoms with E-state index in [1.165, 1.54) is 244 Å². The van der Waals surface area contributed by atoms with Gasteiger partial charge in [0.15, 0.2) is 6.10 Å². The van der Waals surface area contributed by atoms with Crippen LogP contribution in [-0.4, -0.2) is 70.0 Å². The van der Waals surface area contributed by atoms with E-state index in [9.17, 15) is 19.0 Å².